The van der Waals surface area contributed by atoms with Crippen LogP contribution in [-0.2, 0) is 9.84 Å². The second-order valence-electron chi connectivity index (χ2n) is 8.21. The molecule has 1 aromatic carbocycles. The fraction of sp³-hybridized carbons (Fsp3) is 0.650. The van der Waals surface area contributed by atoms with Gasteiger partial charge in [-0.2, -0.15) is 0 Å². The first kappa shape index (κ1) is 22.8. The number of hydrogen-bond donors (Lipinski definition) is 2. The number of nitrogens with zero attached hydrogens (tertiary/aromatic N) is 2. The standard InChI is InChI=1S/C20H31FN4O4S/c1-15(17-8-9-18(21)19(12-17)29-13-16-6-7-16)14-30(27,28)11-5-3-4-10-25-20(26)22-23-24(25)2/h8-9,12,15-16,23H,3-7,10-11,13-14H2,1-2H3,(H,22,26)/t15-/m0/s1. The summed E-state index contributed by atoms with van der Waals surface area (Å²) >= 11 is 0. The molecule has 168 valence electrons. The monoisotopic (exact) mass is 442 g/mol. The summed E-state index contributed by atoms with van der Waals surface area (Å²) in [5.74, 6) is 0.177. The van der Waals surface area contributed by atoms with Crippen molar-refractivity contribution in [2.24, 2.45) is 5.92 Å². The van der Waals surface area contributed by atoms with Crippen molar-refractivity contribution in [3.05, 3.63) is 29.6 Å². The van der Waals surface area contributed by atoms with E-state index in [2.05, 4.69) is 11.0 Å². The first-order valence-electron chi connectivity index (χ1n) is 10.4. The summed E-state index contributed by atoms with van der Waals surface area (Å²) in [6, 6.07) is 4.38. The first-order chi connectivity index (χ1) is 14.2. The van der Waals surface area contributed by atoms with Crippen molar-refractivity contribution in [2.45, 2.75) is 44.9 Å². The number of unbranched alkanes of at least 4 members (excludes halogenated alkanes) is 2. The van der Waals surface area contributed by atoms with E-state index < -0.39 is 15.7 Å². The molecule has 1 aliphatic carbocycles. The van der Waals surface area contributed by atoms with Crippen molar-refractivity contribution in [1.29, 1.82) is 0 Å². The van der Waals surface area contributed by atoms with Crippen molar-refractivity contribution in [3.8, 4) is 5.75 Å². The molecule has 1 heterocycles. The first-order valence-corrected chi connectivity index (χ1v) is 12.3. The Balaban J connectivity index is 1.42. The summed E-state index contributed by atoms with van der Waals surface area (Å²) in [7, 11) is -1.52. The number of ether oxygens (including phenoxy) is 1. The summed E-state index contributed by atoms with van der Waals surface area (Å²) < 4.78 is 44.6. The van der Waals surface area contributed by atoms with Crippen LogP contribution in [-0.4, -0.2) is 56.3 Å². The molecule has 0 unspecified atom stereocenters. The molecule has 0 radical (unpaired) electrons. The van der Waals surface area contributed by atoms with E-state index in [1.165, 1.54) is 11.1 Å². The molecular weight excluding hydrogens is 411 g/mol. The molecular formula is C20H31FN4O4S. The molecule has 30 heavy (non-hydrogen) atoms. The smallest absolute Gasteiger partial charge is 0.348 e. The fourth-order valence-corrected chi connectivity index (χ4v) is 5.16. The van der Waals surface area contributed by atoms with Crippen LogP contribution in [0.15, 0.2) is 18.2 Å². The van der Waals surface area contributed by atoms with Gasteiger partial charge in [-0.15, -0.1) is 10.7 Å². The van der Waals surface area contributed by atoms with Crippen LogP contribution in [0.2, 0.25) is 0 Å². The predicted octanol–water partition coefficient (Wildman–Crippen LogP) is 2.59. The number of urea groups is 1. The minimum Gasteiger partial charge on any atom is -0.490 e. The van der Waals surface area contributed by atoms with E-state index in [9.17, 15) is 17.6 Å². The van der Waals surface area contributed by atoms with Crippen molar-refractivity contribution >= 4 is 15.9 Å². The molecule has 1 aromatic rings. The van der Waals surface area contributed by atoms with E-state index >= 15 is 0 Å². The van der Waals surface area contributed by atoms with Gasteiger partial charge >= 0.3 is 6.03 Å². The van der Waals surface area contributed by atoms with Crippen LogP contribution in [0.3, 0.4) is 0 Å². The largest absolute Gasteiger partial charge is 0.490 e. The third kappa shape index (κ3) is 6.55. The van der Waals surface area contributed by atoms with Crippen LogP contribution >= 0.6 is 0 Å². The number of sulfone groups is 1. The maximum Gasteiger partial charge on any atom is 0.348 e. The van der Waals surface area contributed by atoms with Gasteiger partial charge in [0.05, 0.1) is 18.1 Å². The van der Waals surface area contributed by atoms with E-state index in [4.69, 9.17) is 4.74 Å². The molecule has 8 nitrogen and oxygen atoms in total. The Morgan fingerprint density at radius 2 is 2.03 bits per heavy atom. The molecule has 2 aliphatic rings. The van der Waals surface area contributed by atoms with Crippen LogP contribution in [0, 0.1) is 11.7 Å². The molecule has 0 bridgehead atoms. The zero-order valence-corrected chi connectivity index (χ0v) is 18.4. The van der Waals surface area contributed by atoms with Crippen molar-refractivity contribution < 1.29 is 22.3 Å². The summed E-state index contributed by atoms with van der Waals surface area (Å²) in [6.45, 7) is 2.87. The lowest BCUT2D eigenvalue weighted by molar-refractivity contribution is 0.0368. The molecule has 1 aliphatic heterocycles. The van der Waals surface area contributed by atoms with E-state index in [1.807, 2.05) is 6.92 Å². The van der Waals surface area contributed by atoms with Gasteiger partial charge in [0.15, 0.2) is 21.4 Å². The number of carbonyl (C=O) groups excluding carboxylic acids is 1. The molecule has 2 N–H and O–H groups in total. The summed E-state index contributed by atoms with van der Waals surface area (Å²) in [5, 5.41) is 3.08. The topological polar surface area (TPSA) is 91.0 Å². The number of rotatable bonds is 12. The third-order valence-electron chi connectivity index (χ3n) is 5.45. The number of hydrazine groups is 3. The minimum atomic E-state index is -3.24. The Morgan fingerprint density at radius 3 is 2.70 bits per heavy atom. The SMILES string of the molecule is C[C@@H](CS(=O)(=O)CCCCCN1C(=O)NNN1C)c1ccc(F)c(OCC2CC2)c1. The van der Waals surface area contributed by atoms with Gasteiger partial charge in [0.1, 0.15) is 0 Å². The van der Waals surface area contributed by atoms with Gasteiger partial charge in [-0.05, 0) is 55.2 Å². The highest BCUT2D eigenvalue weighted by Gasteiger charge is 2.25. The van der Waals surface area contributed by atoms with E-state index in [0.29, 0.717) is 38.3 Å². The van der Waals surface area contributed by atoms with Crippen molar-refractivity contribution in [2.75, 3.05) is 31.7 Å². The Hall–Kier alpha value is -1.91. The zero-order chi connectivity index (χ0) is 21.7. The quantitative estimate of drug-likeness (QED) is 0.484. The molecule has 0 aromatic heterocycles. The van der Waals surface area contributed by atoms with E-state index in [0.717, 1.165) is 18.4 Å². The second-order valence-corrected chi connectivity index (χ2v) is 10.4. The molecule has 1 saturated heterocycles. The Kier molecular flexibility index (Phi) is 7.54. The van der Waals surface area contributed by atoms with Crippen LogP contribution in [0.1, 0.15) is 50.5 Å². The molecule has 1 saturated carbocycles. The highest BCUT2D eigenvalue weighted by molar-refractivity contribution is 7.91. The summed E-state index contributed by atoms with van der Waals surface area (Å²) in [6.07, 6.45) is 4.20. The number of carbonyl (C=O) groups is 1. The van der Waals surface area contributed by atoms with Gasteiger partial charge in [0.2, 0.25) is 0 Å². The van der Waals surface area contributed by atoms with Crippen molar-refractivity contribution in [1.82, 2.24) is 21.1 Å². The van der Waals surface area contributed by atoms with Crippen molar-refractivity contribution in [3.63, 3.8) is 0 Å². The summed E-state index contributed by atoms with van der Waals surface area (Å²) in [4.78, 5) is 11.6. The zero-order valence-electron chi connectivity index (χ0n) is 17.6. The summed E-state index contributed by atoms with van der Waals surface area (Å²) in [5.41, 5.74) is 5.92. The number of benzene rings is 1. The van der Waals surface area contributed by atoms with Gasteiger partial charge in [0, 0.05) is 13.6 Å². The lowest BCUT2D eigenvalue weighted by Crippen LogP contribution is -2.40. The molecule has 3 rings (SSSR count). The Bertz CT molecular complexity index is 847. The van der Waals surface area contributed by atoms with Crippen LogP contribution in [0.5, 0.6) is 5.75 Å². The third-order valence-corrected chi connectivity index (χ3v) is 7.36. The van der Waals surface area contributed by atoms with Gasteiger partial charge in [-0.3, -0.25) is 5.43 Å². The Morgan fingerprint density at radius 1 is 1.27 bits per heavy atom. The predicted molar refractivity (Wildman–Crippen MR) is 112 cm³/mol. The highest BCUT2D eigenvalue weighted by atomic mass is 32.2. The molecule has 1 atom stereocenters. The number of nitrogens with one attached hydrogen (secondary N) is 2. The van der Waals surface area contributed by atoms with Crippen LogP contribution in [0.4, 0.5) is 9.18 Å². The van der Waals surface area contributed by atoms with Gasteiger partial charge < -0.3 is 4.74 Å². The minimum absolute atomic E-state index is 0.0158. The maximum atomic E-state index is 14.0. The second kappa shape index (κ2) is 9.93. The number of hydrogen-bond acceptors (Lipinski definition) is 6. The average molecular weight is 443 g/mol. The maximum absolute atomic E-state index is 14.0. The normalized spacial score (nSPS) is 18.5. The Labute approximate surface area is 177 Å². The van der Waals surface area contributed by atoms with Crippen LogP contribution in [0.25, 0.3) is 0 Å². The number of amides is 2. The lowest BCUT2D eigenvalue weighted by atomic mass is 10.0. The van der Waals surface area contributed by atoms with Gasteiger partial charge in [-0.1, -0.05) is 19.4 Å². The van der Waals surface area contributed by atoms with Crippen LogP contribution < -0.4 is 15.7 Å². The lowest BCUT2D eigenvalue weighted by Gasteiger charge is -2.20. The molecule has 2 amide bonds. The van der Waals surface area contributed by atoms with Gasteiger partial charge in [-0.25, -0.2) is 22.6 Å². The molecule has 2 fully saturated rings. The van der Waals surface area contributed by atoms with E-state index in [1.54, 1.807) is 24.3 Å². The fourth-order valence-electron chi connectivity index (χ4n) is 3.39. The highest BCUT2D eigenvalue weighted by Crippen LogP contribution is 2.31. The molecule has 0 spiro atoms. The van der Waals surface area contributed by atoms with E-state index in [-0.39, 0.29) is 29.2 Å². The number of halogens is 1. The average Bonchev–Trinajstić information content (AvgIpc) is 3.46. The molecule has 10 heteroatoms. The van der Waals surface area contributed by atoms with Gasteiger partial charge in [0.25, 0.3) is 0 Å².